The van der Waals surface area contributed by atoms with E-state index in [9.17, 15) is 9.18 Å². The maximum Gasteiger partial charge on any atom is 0.319 e. The molecule has 2 aromatic heterocycles. The summed E-state index contributed by atoms with van der Waals surface area (Å²) in [6.45, 7) is 1.80. The van der Waals surface area contributed by atoms with Crippen LogP contribution < -0.4 is 24.8 Å². The molecular formula is C23H21FN4O4S. The van der Waals surface area contributed by atoms with E-state index < -0.39 is 11.8 Å². The Morgan fingerprint density at radius 3 is 2.52 bits per heavy atom. The predicted octanol–water partition coefficient (Wildman–Crippen LogP) is 5.52. The largest absolute Gasteiger partial charge is 0.493 e. The number of methoxy groups -OCH3 is 2. The molecule has 0 aliphatic heterocycles. The number of nitrogens with one attached hydrogen (secondary N) is 2. The number of ether oxygens (including phenoxy) is 3. The van der Waals surface area contributed by atoms with Gasteiger partial charge in [-0.3, -0.25) is 4.98 Å². The molecule has 0 spiro atoms. The molecule has 33 heavy (non-hydrogen) atoms. The second-order valence-corrected chi connectivity index (χ2v) is 7.89. The van der Waals surface area contributed by atoms with Gasteiger partial charge in [-0.15, -0.1) is 11.3 Å². The number of nitrogens with zero attached hydrogens (tertiary/aromatic N) is 2. The highest BCUT2D eigenvalue weighted by atomic mass is 32.1. The molecule has 0 radical (unpaired) electrons. The van der Waals surface area contributed by atoms with E-state index in [1.54, 1.807) is 50.7 Å². The van der Waals surface area contributed by atoms with E-state index in [1.807, 2.05) is 5.38 Å². The van der Waals surface area contributed by atoms with Crippen molar-refractivity contribution in [2.24, 2.45) is 0 Å². The average Bonchev–Trinajstić information content (AvgIpc) is 3.35. The maximum absolute atomic E-state index is 14.7. The fourth-order valence-corrected chi connectivity index (χ4v) is 3.84. The molecule has 4 aromatic rings. The van der Waals surface area contributed by atoms with Crippen LogP contribution in [0.1, 0.15) is 18.0 Å². The maximum atomic E-state index is 14.7. The van der Waals surface area contributed by atoms with Crippen molar-refractivity contribution in [1.82, 2.24) is 15.3 Å². The number of hydrogen-bond donors (Lipinski definition) is 2. The number of thiazole rings is 1. The summed E-state index contributed by atoms with van der Waals surface area (Å²) in [6.07, 6.45) is 3.25. The zero-order chi connectivity index (χ0) is 23.4. The Labute approximate surface area is 193 Å². The predicted molar refractivity (Wildman–Crippen MR) is 124 cm³/mol. The average molecular weight is 469 g/mol. The van der Waals surface area contributed by atoms with E-state index >= 15 is 0 Å². The van der Waals surface area contributed by atoms with Crippen molar-refractivity contribution in [2.45, 2.75) is 13.0 Å². The number of carbonyl (C=O) groups excluding carboxylic acids is 1. The van der Waals surface area contributed by atoms with Gasteiger partial charge in [-0.25, -0.2) is 14.2 Å². The third-order valence-electron chi connectivity index (χ3n) is 4.79. The van der Waals surface area contributed by atoms with Gasteiger partial charge in [-0.1, -0.05) is 0 Å². The van der Waals surface area contributed by atoms with Crippen molar-refractivity contribution >= 4 is 34.0 Å². The fourth-order valence-electron chi connectivity index (χ4n) is 3.19. The van der Waals surface area contributed by atoms with Crippen LogP contribution in [0.3, 0.4) is 0 Å². The van der Waals surface area contributed by atoms with E-state index in [-0.39, 0.29) is 17.5 Å². The normalized spacial score (nSPS) is 11.6. The van der Waals surface area contributed by atoms with Crippen molar-refractivity contribution in [3.8, 4) is 23.0 Å². The minimum Gasteiger partial charge on any atom is -0.493 e. The molecule has 170 valence electrons. The quantitative estimate of drug-likeness (QED) is 0.371. The highest BCUT2D eigenvalue weighted by Gasteiger charge is 2.15. The summed E-state index contributed by atoms with van der Waals surface area (Å²) in [4.78, 5) is 20.7. The molecule has 1 atom stereocenters. The third kappa shape index (κ3) is 4.96. The molecule has 4 rings (SSSR count). The van der Waals surface area contributed by atoms with Crippen molar-refractivity contribution in [1.29, 1.82) is 0 Å². The SMILES string of the molecule is COc1cc2nccc(Oc3ccc(NC(=O)N[C@@H](C)c4nccs4)c(F)c3)c2cc1OC. The first-order chi connectivity index (χ1) is 16.0. The number of benzene rings is 2. The number of amides is 2. The van der Waals surface area contributed by atoms with Gasteiger partial charge in [0, 0.05) is 35.3 Å². The van der Waals surface area contributed by atoms with Gasteiger partial charge in [0.2, 0.25) is 0 Å². The number of aromatic nitrogens is 2. The number of fused-ring (bicyclic) bond motifs is 1. The first kappa shape index (κ1) is 22.3. The van der Waals surface area contributed by atoms with Gasteiger partial charge in [0.25, 0.3) is 0 Å². The second-order valence-electron chi connectivity index (χ2n) is 6.97. The van der Waals surface area contributed by atoms with Crippen molar-refractivity contribution < 1.29 is 23.4 Å². The number of carbonyl (C=O) groups is 1. The summed E-state index contributed by atoms with van der Waals surface area (Å²) < 4.78 is 31.2. The number of pyridine rings is 1. The molecule has 2 aromatic carbocycles. The van der Waals surface area contributed by atoms with Gasteiger partial charge in [-0.05, 0) is 31.2 Å². The smallest absolute Gasteiger partial charge is 0.319 e. The Hall–Kier alpha value is -3.92. The Morgan fingerprint density at radius 1 is 1.03 bits per heavy atom. The summed E-state index contributed by atoms with van der Waals surface area (Å²) in [5.41, 5.74) is 0.659. The zero-order valence-corrected chi connectivity index (χ0v) is 18.9. The summed E-state index contributed by atoms with van der Waals surface area (Å²) in [5, 5.41) is 8.48. The van der Waals surface area contributed by atoms with Crippen LogP contribution in [-0.2, 0) is 0 Å². The molecule has 2 amide bonds. The monoisotopic (exact) mass is 468 g/mol. The summed E-state index contributed by atoms with van der Waals surface area (Å²) in [6, 6.07) is 8.52. The summed E-state index contributed by atoms with van der Waals surface area (Å²) >= 11 is 1.43. The zero-order valence-electron chi connectivity index (χ0n) is 18.1. The highest BCUT2D eigenvalue weighted by molar-refractivity contribution is 7.09. The van der Waals surface area contributed by atoms with Crippen LogP contribution in [0.2, 0.25) is 0 Å². The van der Waals surface area contributed by atoms with Crippen LogP contribution in [0.5, 0.6) is 23.0 Å². The van der Waals surface area contributed by atoms with Crippen molar-refractivity contribution in [3.63, 3.8) is 0 Å². The molecule has 0 saturated heterocycles. The lowest BCUT2D eigenvalue weighted by atomic mass is 10.2. The summed E-state index contributed by atoms with van der Waals surface area (Å²) in [7, 11) is 3.08. The van der Waals surface area contributed by atoms with E-state index in [4.69, 9.17) is 14.2 Å². The third-order valence-corrected chi connectivity index (χ3v) is 5.75. The van der Waals surface area contributed by atoms with Crippen LogP contribution in [0.25, 0.3) is 10.9 Å². The lowest BCUT2D eigenvalue weighted by molar-refractivity contribution is 0.249. The van der Waals surface area contributed by atoms with Crippen LogP contribution in [0, 0.1) is 5.82 Å². The minimum atomic E-state index is -0.637. The first-order valence-electron chi connectivity index (χ1n) is 9.93. The van der Waals surface area contributed by atoms with Gasteiger partial charge in [0.05, 0.1) is 31.5 Å². The number of rotatable bonds is 7. The van der Waals surface area contributed by atoms with Gasteiger partial charge in [-0.2, -0.15) is 0 Å². The van der Waals surface area contributed by atoms with Gasteiger partial charge < -0.3 is 24.8 Å². The highest BCUT2D eigenvalue weighted by Crippen LogP contribution is 2.37. The Bertz CT molecular complexity index is 1280. The van der Waals surface area contributed by atoms with Crippen LogP contribution in [-0.4, -0.2) is 30.2 Å². The Morgan fingerprint density at radius 2 is 1.82 bits per heavy atom. The number of anilines is 1. The molecule has 0 saturated carbocycles. The molecule has 0 unspecified atom stereocenters. The second kappa shape index (κ2) is 9.70. The molecule has 2 heterocycles. The van der Waals surface area contributed by atoms with Crippen molar-refractivity contribution in [2.75, 3.05) is 19.5 Å². The molecule has 0 aliphatic carbocycles. The van der Waals surface area contributed by atoms with Crippen molar-refractivity contribution in [3.05, 3.63) is 65.0 Å². The first-order valence-corrected chi connectivity index (χ1v) is 10.8. The van der Waals surface area contributed by atoms with E-state index in [1.165, 1.54) is 30.6 Å². The lowest BCUT2D eigenvalue weighted by Gasteiger charge is -2.14. The van der Waals surface area contributed by atoms with Gasteiger partial charge in [0.15, 0.2) is 11.5 Å². The molecule has 10 heteroatoms. The number of hydrogen-bond acceptors (Lipinski definition) is 7. The molecule has 0 fully saturated rings. The van der Waals surface area contributed by atoms with Crippen LogP contribution in [0.4, 0.5) is 14.9 Å². The lowest BCUT2D eigenvalue weighted by Crippen LogP contribution is -2.31. The molecule has 0 aliphatic rings. The topological polar surface area (TPSA) is 94.6 Å². The molecule has 8 nitrogen and oxygen atoms in total. The van der Waals surface area contributed by atoms with E-state index in [0.29, 0.717) is 28.2 Å². The fraction of sp³-hybridized carbons (Fsp3) is 0.174. The van der Waals surface area contributed by atoms with Crippen LogP contribution in [0.15, 0.2) is 54.2 Å². The van der Waals surface area contributed by atoms with E-state index in [0.717, 1.165) is 5.01 Å². The summed E-state index contributed by atoms with van der Waals surface area (Å²) in [5.74, 6) is 1.15. The number of halogens is 1. The Kier molecular flexibility index (Phi) is 6.55. The van der Waals surface area contributed by atoms with Gasteiger partial charge in [0.1, 0.15) is 22.3 Å². The van der Waals surface area contributed by atoms with Crippen LogP contribution >= 0.6 is 11.3 Å². The minimum absolute atomic E-state index is 0.0252. The molecule has 0 bridgehead atoms. The number of urea groups is 1. The Balaban J connectivity index is 1.50. The standard InChI is InChI=1S/C23H21FN4O4S/c1-13(22-26-8-9-33-22)27-23(29)28-17-5-4-14(10-16(17)24)32-19-6-7-25-18-12-21(31-3)20(30-2)11-15(18)19/h4-13H,1-3H3,(H2,27,28,29)/t13-/m0/s1. The molecular weight excluding hydrogens is 447 g/mol. The van der Waals surface area contributed by atoms with E-state index in [2.05, 4.69) is 20.6 Å². The molecule has 2 N–H and O–H groups in total. The van der Waals surface area contributed by atoms with Gasteiger partial charge >= 0.3 is 6.03 Å².